The number of carbonyl (C=O) groups excluding carboxylic acids is 1. The molecule has 2 heterocycles. The molecule has 134 valence electrons. The number of benzene rings is 1. The molecule has 2 atom stereocenters. The second-order valence-corrected chi connectivity index (χ2v) is 6.59. The van der Waals surface area contributed by atoms with Crippen LogP contribution in [0.4, 0.5) is 5.69 Å². The Kier molecular flexibility index (Phi) is 5.26. The Hall–Kier alpha value is -2.50. The molecule has 1 N–H and O–H groups in total. The zero-order valence-electron chi connectivity index (χ0n) is 15.1. The van der Waals surface area contributed by atoms with E-state index in [9.17, 15) is 4.79 Å². The van der Waals surface area contributed by atoms with Crippen LogP contribution in [0.1, 0.15) is 25.3 Å². The highest BCUT2D eigenvalue weighted by Crippen LogP contribution is 2.21. The van der Waals surface area contributed by atoms with Gasteiger partial charge in [0, 0.05) is 32.4 Å². The monoisotopic (exact) mass is 342 g/mol. The van der Waals surface area contributed by atoms with Gasteiger partial charge in [-0.2, -0.15) is 5.10 Å². The van der Waals surface area contributed by atoms with E-state index in [1.165, 1.54) is 0 Å². The Labute approximate surface area is 148 Å². The summed E-state index contributed by atoms with van der Waals surface area (Å²) in [6.45, 7) is 5.69. The molecule has 1 aromatic carbocycles. The highest BCUT2D eigenvalue weighted by Gasteiger charge is 2.28. The zero-order valence-corrected chi connectivity index (χ0v) is 15.1. The van der Waals surface area contributed by atoms with E-state index in [2.05, 4.69) is 15.3 Å². The highest BCUT2D eigenvalue weighted by atomic mass is 16.5. The maximum absolute atomic E-state index is 12.6. The molecule has 1 aliphatic heterocycles. The highest BCUT2D eigenvalue weighted by molar-refractivity contribution is 5.81. The molecule has 1 aliphatic rings. The lowest BCUT2D eigenvalue weighted by Crippen LogP contribution is -2.44. The summed E-state index contributed by atoms with van der Waals surface area (Å²) in [5.74, 6) is 0.733. The zero-order chi connectivity index (χ0) is 17.8. The van der Waals surface area contributed by atoms with Crippen LogP contribution in [-0.4, -0.2) is 40.9 Å². The van der Waals surface area contributed by atoms with Crippen molar-refractivity contribution in [3.8, 4) is 5.75 Å². The van der Waals surface area contributed by atoms with Gasteiger partial charge in [-0.3, -0.25) is 9.48 Å². The third-order valence-corrected chi connectivity index (χ3v) is 4.62. The van der Waals surface area contributed by atoms with Crippen LogP contribution >= 0.6 is 0 Å². The quantitative estimate of drug-likeness (QED) is 0.875. The first-order chi connectivity index (χ1) is 12.1. The van der Waals surface area contributed by atoms with Crippen LogP contribution in [0, 0.1) is 6.92 Å². The van der Waals surface area contributed by atoms with Crippen LogP contribution in [0.25, 0.3) is 0 Å². The fourth-order valence-corrected chi connectivity index (χ4v) is 3.14. The van der Waals surface area contributed by atoms with Gasteiger partial charge in [-0.05, 0) is 31.4 Å². The molecule has 0 spiro atoms. The van der Waals surface area contributed by atoms with Gasteiger partial charge < -0.3 is 15.0 Å². The van der Waals surface area contributed by atoms with Crippen molar-refractivity contribution >= 4 is 11.6 Å². The third-order valence-electron chi connectivity index (χ3n) is 4.62. The minimum absolute atomic E-state index is 0.0382. The van der Waals surface area contributed by atoms with E-state index in [-0.39, 0.29) is 11.9 Å². The molecule has 0 aliphatic carbocycles. The molecule has 0 radical (unpaired) electrons. The molecule has 1 fully saturated rings. The summed E-state index contributed by atoms with van der Waals surface area (Å²) in [6, 6.07) is 7.93. The van der Waals surface area contributed by atoms with Crippen molar-refractivity contribution in [3.05, 3.63) is 42.2 Å². The summed E-state index contributed by atoms with van der Waals surface area (Å²) in [5, 5.41) is 7.35. The van der Waals surface area contributed by atoms with Gasteiger partial charge in [-0.1, -0.05) is 25.1 Å². The van der Waals surface area contributed by atoms with Crippen molar-refractivity contribution in [3.63, 3.8) is 0 Å². The smallest absolute Gasteiger partial charge is 0.261 e. The number of nitrogens with zero attached hydrogens (tertiary/aromatic N) is 3. The van der Waals surface area contributed by atoms with E-state index >= 15 is 0 Å². The fraction of sp³-hybridized carbons (Fsp3) is 0.474. The second kappa shape index (κ2) is 7.59. The SMILES string of the molecule is CC[C@@H](Oc1ccccc1C)C(=O)N[C@@H]1CCN(c2cnn(C)c2)C1. The number of carbonyl (C=O) groups is 1. The van der Waals surface area contributed by atoms with Crippen LogP contribution in [-0.2, 0) is 11.8 Å². The maximum Gasteiger partial charge on any atom is 0.261 e. The summed E-state index contributed by atoms with van der Waals surface area (Å²) in [5.41, 5.74) is 2.14. The summed E-state index contributed by atoms with van der Waals surface area (Å²) in [6.07, 6.45) is 4.97. The van der Waals surface area contributed by atoms with Crippen molar-refractivity contribution in [2.45, 2.75) is 38.8 Å². The first kappa shape index (κ1) is 17.3. The van der Waals surface area contributed by atoms with Crippen LogP contribution in [0.2, 0.25) is 0 Å². The molecule has 1 amide bonds. The number of aromatic nitrogens is 2. The molecule has 6 nitrogen and oxygen atoms in total. The molecule has 1 aromatic heterocycles. The molecule has 0 bridgehead atoms. The number of nitrogens with one attached hydrogen (secondary N) is 1. The Bertz CT molecular complexity index is 728. The lowest BCUT2D eigenvalue weighted by Gasteiger charge is -2.21. The Morgan fingerprint density at radius 3 is 2.92 bits per heavy atom. The van der Waals surface area contributed by atoms with Gasteiger partial charge in [0.2, 0.25) is 0 Å². The average Bonchev–Trinajstić information content (AvgIpc) is 3.23. The van der Waals surface area contributed by atoms with E-state index in [1.807, 2.05) is 57.6 Å². The number of aryl methyl sites for hydroxylation is 2. The number of hydrogen-bond donors (Lipinski definition) is 1. The van der Waals surface area contributed by atoms with Crippen molar-refractivity contribution in [1.29, 1.82) is 0 Å². The molecule has 6 heteroatoms. The lowest BCUT2D eigenvalue weighted by molar-refractivity contribution is -0.128. The van der Waals surface area contributed by atoms with Gasteiger partial charge in [0.1, 0.15) is 5.75 Å². The Morgan fingerprint density at radius 2 is 2.24 bits per heavy atom. The van der Waals surface area contributed by atoms with E-state index < -0.39 is 6.10 Å². The number of anilines is 1. The van der Waals surface area contributed by atoms with Gasteiger partial charge >= 0.3 is 0 Å². The Balaban J connectivity index is 1.56. The van der Waals surface area contributed by atoms with E-state index in [1.54, 1.807) is 4.68 Å². The normalized spacial score (nSPS) is 18.2. The van der Waals surface area contributed by atoms with E-state index in [4.69, 9.17) is 4.74 Å². The molecule has 1 saturated heterocycles. The minimum atomic E-state index is -0.464. The fourth-order valence-electron chi connectivity index (χ4n) is 3.14. The van der Waals surface area contributed by atoms with Crippen LogP contribution < -0.4 is 15.0 Å². The number of para-hydroxylation sites is 1. The molecule has 2 aromatic rings. The number of rotatable bonds is 6. The summed E-state index contributed by atoms with van der Waals surface area (Å²) in [7, 11) is 1.91. The second-order valence-electron chi connectivity index (χ2n) is 6.59. The first-order valence-electron chi connectivity index (χ1n) is 8.83. The largest absolute Gasteiger partial charge is 0.480 e. The van der Waals surface area contributed by atoms with Crippen LogP contribution in [0.15, 0.2) is 36.7 Å². The first-order valence-corrected chi connectivity index (χ1v) is 8.83. The summed E-state index contributed by atoms with van der Waals surface area (Å²) >= 11 is 0. The molecular formula is C19H26N4O2. The average molecular weight is 342 g/mol. The van der Waals surface area contributed by atoms with Gasteiger partial charge in [-0.25, -0.2) is 0 Å². The predicted molar refractivity (Wildman–Crippen MR) is 97.9 cm³/mol. The molecule has 0 unspecified atom stereocenters. The van der Waals surface area contributed by atoms with Crippen LogP contribution in [0.3, 0.4) is 0 Å². The van der Waals surface area contributed by atoms with Crippen LogP contribution in [0.5, 0.6) is 5.75 Å². The number of amides is 1. The Morgan fingerprint density at radius 1 is 1.44 bits per heavy atom. The maximum atomic E-state index is 12.6. The van der Waals surface area contributed by atoms with Gasteiger partial charge in [0.05, 0.1) is 11.9 Å². The standard InChI is InChI=1S/C19H26N4O2/c1-4-17(25-18-8-6-5-7-14(18)2)19(24)21-15-9-10-23(12-15)16-11-20-22(3)13-16/h5-8,11,13,15,17H,4,9-10,12H2,1-3H3,(H,21,24)/t15-,17-/m1/s1. The number of ether oxygens (including phenoxy) is 1. The predicted octanol–water partition coefficient (Wildman–Crippen LogP) is 2.28. The molecular weight excluding hydrogens is 316 g/mol. The number of hydrogen-bond acceptors (Lipinski definition) is 4. The molecule has 3 rings (SSSR count). The van der Waals surface area contributed by atoms with Crippen molar-refractivity contribution in [2.24, 2.45) is 7.05 Å². The lowest BCUT2D eigenvalue weighted by atomic mass is 10.2. The van der Waals surface area contributed by atoms with Crippen molar-refractivity contribution in [2.75, 3.05) is 18.0 Å². The molecule has 25 heavy (non-hydrogen) atoms. The van der Waals surface area contributed by atoms with Crippen molar-refractivity contribution in [1.82, 2.24) is 15.1 Å². The topological polar surface area (TPSA) is 59.4 Å². The summed E-state index contributed by atoms with van der Waals surface area (Å²) in [4.78, 5) is 14.9. The van der Waals surface area contributed by atoms with Crippen molar-refractivity contribution < 1.29 is 9.53 Å². The third kappa shape index (κ3) is 4.13. The molecule has 0 saturated carbocycles. The van der Waals surface area contributed by atoms with Gasteiger partial charge in [0.25, 0.3) is 5.91 Å². The summed E-state index contributed by atoms with van der Waals surface area (Å²) < 4.78 is 7.74. The van der Waals surface area contributed by atoms with E-state index in [0.717, 1.165) is 36.5 Å². The van der Waals surface area contributed by atoms with Gasteiger partial charge in [0.15, 0.2) is 6.10 Å². The van der Waals surface area contributed by atoms with Gasteiger partial charge in [-0.15, -0.1) is 0 Å². The minimum Gasteiger partial charge on any atom is -0.480 e. The van der Waals surface area contributed by atoms with E-state index in [0.29, 0.717) is 6.42 Å².